The number of carbonyl (C=O) groups excluding carboxylic acids is 1. The van der Waals surface area contributed by atoms with E-state index in [1.54, 1.807) is 36.5 Å². The van der Waals surface area contributed by atoms with Crippen molar-refractivity contribution in [1.82, 2.24) is 19.9 Å². The Kier molecular flexibility index (Phi) is 7.76. The van der Waals surface area contributed by atoms with Crippen molar-refractivity contribution in [2.24, 2.45) is 0 Å². The summed E-state index contributed by atoms with van der Waals surface area (Å²) in [6, 6.07) is 14.6. The van der Waals surface area contributed by atoms with Crippen LogP contribution < -0.4 is 5.32 Å². The van der Waals surface area contributed by atoms with Crippen molar-refractivity contribution >= 4 is 63.3 Å². The molecular formula is C24H20Cl4N4O. The first-order chi connectivity index (χ1) is 15.9. The monoisotopic (exact) mass is 520 g/mol. The van der Waals surface area contributed by atoms with Crippen molar-refractivity contribution in [3.05, 3.63) is 91.9 Å². The van der Waals surface area contributed by atoms with Gasteiger partial charge in [0.05, 0.1) is 21.1 Å². The summed E-state index contributed by atoms with van der Waals surface area (Å²) in [4.78, 5) is 21.5. The summed E-state index contributed by atoms with van der Waals surface area (Å²) < 4.78 is 1.97. The molecule has 2 aromatic heterocycles. The molecule has 0 radical (unpaired) electrons. The number of aromatic nitrogens is 3. The van der Waals surface area contributed by atoms with E-state index in [1.807, 2.05) is 22.8 Å². The Morgan fingerprint density at radius 2 is 1.70 bits per heavy atom. The van der Waals surface area contributed by atoms with Crippen LogP contribution in [0.25, 0.3) is 11.0 Å². The minimum atomic E-state index is -0.0606. The van der Waals surface area contributed by atoms with Gasteiger partial charge in [-0.1, -0.05) is 58.5 Å². The Balaban J connectivity index is 1.53. The van der Waals surface area contributed by atoms with Gasteiger partial charge in [0, 0.05) is 54.3 Å². The second kappa shape index (κ2) is 10.7. The molecular weight excluding hydrogens is 502 g/mol. The second-order valence-corrected chi connectivity index (χ2v) is 9.11. The van der Waals surface area contributed by atoms with Crippen LogP contribution in [0, 0.1) is 0 Å². The SMILES string of the molecule is O=C(CCn1c(Cc2c(Cl)cccc2Cl)nc2cc(Cl)c(Cl)cc21)NCCc1ccccn1. The van der Waals surface area contributed by atoms with Gasteiger partial charge in [-0.05, 0) is 42.0 Å². The number of aryl methyl sites for hydroxylation is 1. The Hall–Kier alpha value is -2.31. The normalized spacial score (nSPS) is 11.2. The van der Waals surface area contributed by atoms with Gasteiger partial charge in [0.25, 0.3) is 0 Å². The molecule has 0 bridgehead atoms. The van der Waals surface area contributed by atoms with Crippen LogP contribution in [0.1, 0.15) is 23.5 Å². The lowest BCUT2D eigenvalue weighted by Gasteiger charge is -2.12. The highest BCUT2D eigenvalue weighted by atomic mass is 35.5. The molecule has 0 spiro atoms. The Morgan fingerprint density at radius 1 is 0.939 bits per heavy atom. The molecule has 0 unspecified atom stereocenters. The number of hydrogen-bond acceptors (Lipinski definition) is 3. The van der Waals surface area contributed by atoms with E-state index in [0.717, 1.165) is 22.6 Å². The maximum atomic E-state index is 12.5. The summed E-state index contributed by atoms with van der Waals surface area (Å²) in [6.45, 7) is 0.936. The van der Waals surface area contributed by atoms with Gasteiger partial charge in [-0.25, -0.2) is 4.98 Å². The maximum Gasteiger partial charge on any atom is 0.221 e. The number of halogens is 4. The topological polar surface area (TPSA) is 59.8 Å². The van der Waals surface area contributed by atoms with Crippen molar-refractivity contribution in [1.29, 1.82) is 0 Å². The van der Waals surface area contributed by atoms with Gasteiger partial charge in [0.2, 0.25) is 5.91 Å². The molecule has 1 amide bonds. The number of pyridine rings is 1. The van der Waals surface area contributed by atoms with Crippen LogP contribution in [-0.4, -0.2) is 27.0 Å². The number of carbonyl (C=O) groups is 1. The molecule has 9 heteroatoms. The fourth-order valence-corrected chi connectivity index (χ4v) is 4.44. The van der Waals surface area contributed by atoms with Gasteiger partial charge in [0.1, 0.15) is 5.82 Å². The zero-order valence-corrected chi connectivity index (χ0v) is 20.5. The molecule has 0 saturated carbocycles. The fraction of sp³-hybridized carbons (Fsp3) is 0.208. The van der Waals surface area contributed by atoms with Gasteiger partial charge in [0.15, 0.2) is 0 Å². The summed E-state index contributed by atoms with van der Waals surface area (Å²) in [7, 11) is 0. The number of nitrogens with zero attached hydrogens (tertiary/aromatic N) is 3. The standard InChI is InChI=1S/C24H20Cl4N4O/c25-17-5-3-6-18(26)16(17)12-23-31-21-13-19(27)20(28)14-22(21)32(23)11-8-24(33)30-10-7-15-4-1-2-9-29-15/h1-6,9,13-14H,7-8,10-12H2,(H,30,33). The van der Waals surface area contributed by atoms with Crippen molar-refractivity contribution in [3.8, 4) is 0 Å². The van der Waals surface area contributed by atoms with Crippen LogP contribution in [0.15, 0.2) is 54.7 Å². The van der Waals surface area contributed by atoms with E-state index in [9.17, 15) is 4.79 Å². The predicted octanol–water partition coefficient (Wildman–Crippen LogP) is 6.38. The number of rotatable bonds is 8. The lowest BCUT2D eigenvalue weighted by molar-refractivity contribution is -0.121. The van der Waals surface area contributed by atoms with Crippen LogP contribution in [-0.2, 0) is 24.2 Å². The Bertz CT molecular complexity index is 1270. The molecule has 4 aromatic rings. The average molecular weight is 522 g/mol. The number of amides is 1. The van der Waals surface area contributed by atoms with Gasteiger partial charge < -0.3 is 9.88 Å². The van der Waals surface area contributed by atoms with E-state index in [1.165, 1.54) is 0 Å². The zero-order chi connectivity index (χ0) is 23.4. The molecule has 33 heavy (non-hydrogen) atoms. The highest BCUT2D eigenvalue weighted by molar-refractivity contribution is 6.42. The van der Waals surface area contributed by atoms with Crippen molar-refractivity contribution < 1.29 is 4.79 Å². The minimum Gasteiger partial charge on any atom is -0.356 e. The molecule has 0 saturated heterocycles. The molecule has 2 aromatic carbocycles. The first-order valence-electron chi connectivity index (χ1n) is 10.4. The fourth-order valence-electron chi connectivity index (χ4n) is 3.59. The van der Waals surface area contributed by atoms with Gasteiger partial charge in [-0.3, -0.25) is 9.78 Å². The van der Waals surface area contributed by atoms with Crippen molar-refractivity contribution in [2.45, 2.75) is 25.8 Å². The summed E-state index contributed by atoms with van der Waals surface area (Å²) in [5.74, 6) is 0.661. The molecule has 170 valence electrons. The van der Waals surface area contributed by atoms with Crippen molar-refractivity contribution in [3.63, 3.8) is 0 Å². The number of hydrogen-bond donors (Lipinski definition) is 1. The summed E-state index contributed by atoms with van der Waals surface area (Å²) >= 11 is 25.2. The predicted molar refractivity (Wildman–Crippen MR) is 135 cm³/mol. The Morgan fingerprint density at radius 3 is 2.42 bits per heavy atom. The number of nitrogens with one attached hydrogen (secondary N) is 1. The van der Waals surface area contributed by atoms with Crippen LogP contribution in [0.3, 0.4) is 0 Å². The maximum absolute atomic E-state index is 12.5. The van der Waals surface area contributed by atoms with E-state index >= 15 is 0 Å². The van der Waals surface area contributed by atoms with Crippen LogP contribution in [0.2, 0.25) is 20.1 Å². The lowest BCUT2D eigenvalue weighted by atomic mass is 10.1. The molecule has 5 nitrogen and oxygen atoms in total. The molecule has 0 aliphatic carbocycles. The molecule has 0 aliphatic heterocycles. The molecule has 0 atom stereocenters. The van der Waals surface area contributed by atoms with E-state index in [-0.39, 0.29) is 12.3 Å². The van der Waals surface area contributed by atoms with Crippen molar-refractivity contribution in [2.75, 3.05) is 6.54 Å². The van der Waals surface area contributed by atoms with E-state index in [4.69, 9.17) is 51.4 Å². The Labute approximate surface area is 211 Å². The van der Waals surface area contributed by atoms with Crippen LogP contribution in [0.5, 0.6) is 0 Å². The molecule has 2 heterocycles. The summed E-state index contributed by atoms with van der Waals surface area (Å²) in [6.07, 6.45) is 3.09. The number of benzene rings is 2. The number of fused-ring (bicyclic) bond motifs is 1. The molecule has 4 rings (SSSR count). The zero-order valence-electron chi connectivity index (χ0n) is 17.5. The minimum absolute atomic E-state index is 0.0606. The summed E-state index contributed by atoms with van der Waals surface area (Å²) in [5, 5.41) is 4.91. The largest absolute Gasteiger partial charge is 0.356 e. The van der Waals surface area contributed by atoms with Crippen LogP contribution in [0.4, 0.5) is 0 Å². The van der Waals surface area contributed by atoms with Crippen LogP contribution >= 0.6 is 46.4 Å². The summed E-state index contributed by atoms with van der Waals surface area (Å²) in [5.41, 5.74) is 3.19. The molecule has 0 fully saturated rings. The van der Waals surface area contributed by atoms with E-state index in [0.29, 0.717) is 51.5 Å². The highest BCUT2D eigenvalue weighted by Crippen LogP contribution is 2.31. The van der Waals surface area contributed by atoms with Gasteiger partial charge >= 0.3 is 0 Å². The van der Waals surface area contributed by atoms with Gasteiger partial charge in [-0.2, -0.15) is 0 Å². The highest BCUT2D eigenvalue weighted by Gasteiger charge is 2.17. The van der Waals surface area contributed by atoms with Gasteiger partial charge in [-0.15, -0.1) is 0 Å². The third kappa shape index (κ3) is 5.79. The van der Waals surface area contributed by atoms with E-state index in [2.05, 4.69) is 10.3 Å². The average Bonchev–Trinajstić information content (AvgIpc) is 3.12. The third-order valence-electron chi connectivity index (χ3n) is 5.26. The van der Waals surface area contributed by atoms with E-state index < -0.39 is 0 Å². The quantitative estimate of drug-likeness (QED) is 0.292. The first-order valence-corrected chi connectivity index (χ1v) is 11.9. The number of imidazole rings is 1. The molecule has 0 aliphatic rings. The lowest BCUT2D eigenvalue weighted by Crippen LogP contribution is -2.27. The third-order valence-corrected chi connectivity index (χ3v) is 6.69. The smallest absolute Gasteiger partial charge is 0.221 e. The molecule has 1 N–H and O–H groups in total. The second-order valence-electron chi connectivity index (χ2n) is 7.48. The first kappa shape index (κ1) is 23.8.